The van der Waals surface area contributed by atoms with Crippen LogP contribution in [0, 0.1) is 0 Å². The van der Waals surface area contributed by atoms with Gasteiger partial charge in [-0.25, -0.2) is 0 Å². The average molecular weight is 165 g/mol. The summed E-state index contributed by atoms with van der Waals surface area (Å²) in [6, 6.07) is 0.961. The van der Waals surface area contributed by atoms with Gasteiger partial charge in [0.25, 0.3) is 0 Å². The van der Waals surface area contributed by atoms with Crippen LogP contribution in [-0.2, 0) is 4.79 Å². The first kappa shape index (κ1) is 7.84. The topological polar surface area (TPSA) is 20.3 Å². The molecular formula is C10H15NO. The van der Waals surface area contributed by atoms with Crippen molar-refractivity contribution in [3.05, 3.63) is 12.2 Å². The quantitative estimate of drug-likeness (QED) is 0.500. The van der Waals surface area contributed by atoms with E-state index in [1.54, 1.807) is 6.92 Å². The maximum atomic E-state index is 11.3. The Morgan fingerprint density at radius 2 is 1.92 bits per heavy atom. The zero-order valence-corrected chi connectivity index (χ0v) is 7.55. The van der Waals surface area contributed by atoms with Crippen LogP contribution < -0.4 is 0 Å². The van der Waals surface area contributed by atoms with E-state index in [0.29, 0.717) is 12.1 Å². The third kappa shape index (κ3) is 1.06. The average Bonchev–Trinajstić information content (AvgIpc) is 2.24. The molecule has 0 aromatic rings. The van der Waals surface area contributed by atoms with E-state index in [4.69, 9.17) is 0 Å². The van der Waals surface area contributed by atoms with Crippen molar-refractivity contribution in [3.63, 3.8) is 0 Å². The summed E-state index contributed by atoms with van der Waals surface area (Å²) >= 11 is 0. The van der Waals surface area contributed by atoms with Gasteiger partial charge < -0.3 is 4.90 Å². The van der Waals surface area contributed by atoms with Crippen LogP contribution in [0.3, 0.4) is 0 Å². The molecule has 12 heavy (non-hydrogen) atoms. The number of amides is 1. The lowest BCUT2D eigenvalue weighted by Gasteiger charge is -2.35. The van der Waals surface area contributed by atoms with Gasteiger partial charge >= 0.3 is 0 Å². The molecule has 2 heteroatoms. The molecule has 0 radical (unpaired) electrons. The maximum Gasteiger partial charge on any atom is 0.219 e. The lowest BCUT2D eigenvalue weighted by Crippen LogP contribution is -2.43. The van der Waals surface area contributed by atoms with Gasteiger partial charge in [-0.05, 0) is 25.7 Å². The van der Waals surface area contributed by atoms with Crippen LogP contribution in [0.15, 0.2) is 12.2 Å². The molecular weight excluding hydrogens is 150 g/mol. The molecule has 0 saturated carbocycles. The van der Waals surface area contributed by atoms with E-state index >= 15 is 0 Å². The Balaban J connectivity index is 2.19. The Labute approximate surface area is 73.2 Å². The fourth-order valence-electron chi connectivity index (χ4n) is 2.63. The molecule has 0 spiro atoms. The van der Waals surface area contributed by atoms with Crippen molar-refractivity contribution < 1.29 is 4.79 Å². The van der Waals surface area contributed by atoms with Crippen molar-refractivity contribution in [1.82, 2.24) is 4.90 Å². The zero-order chi connectivity index (χ0) is 8.72. The minimum Gasteiger partial charge on any atom is -0.336 e. The minimum atomic E-state index is 0.245. The van der Waals surface area contributed by atoms with Crippen LogP contribution in [0.25, 0.3) is 0 Å². The highest BCUT2D eigenvalue weighted by atomic mass is 16.2. The third-order valence-electron chi connectivity index (χ3n) is 3.03. The molecule has 2 heterocycles. The number of fused-ring (bicyclic) bond motifs is 2. The van der Waals surface area contributed by atoms with Crippen LogP contribution in [-0.4, -0.2) is 22.9 Å². The van der Waals surface area contributed by atoms with Crippen LogP contribution in [0.4, 0.5) is 0 Å². The third-order valence-corrected chi connectivity index (χ3v) is 3.03. The minimum absolute atomic E-state index is 0.245. The van der Waals surface area contributed by atoms with E-state index in [0.717, 1.165) is 12.8 Å². The number of carbonyl (C=O) groups is 1. The van der Waals surface area contributed by atoms with Crippen LogP contribution in [0.2, 0.25) is 0 Å². The largest absolute Gasteiger partial charge is 0.336 e. The van der Waals surface area contributed by atoms with Gasteiger partial charge in [-0.1, -0.05) is 12.2 Å². The molecule has 2 rings (SSSR count). The van der Waals surface area contributed by atoms with E-state index in [-0.39, 0.29) is 5.91 Å². The zero-order valence-electron chi connectivity index (χ0n) is 7.55. The van der Waals surface area contributed by atoms with Gasteiger partial charge in [0, 0.05) is 19.0 Å². The number of carbonyl (C=O) groups excluding carboxylic acids is 1. The van der Waals surface area contributed by atoms with E-state index < -0.39 is 0 Å². The molecule has 66 valence electrons. The first-order valence-electron chi connectivity index (χ1n) is 4.64. The van der Waals surface area contributed by atoms with Crippen molar-refractivity contribution in [2.24, 2.45) is 0 Å². The molecule has 1 amide bonds. The molecule has 2 bridgehead atoms. The van der Waals surface area contributed by atoms with E-state index in [9.17, 15) is 4.79 Å². The lowest BCUT2D eigenvalue weighted by molar-refractivity contribution is -0.132. The van der Waals surface area contributed by atoms with Crippen LogP contribution in [0.5, 0.6) is 0 Å². The van der Waals surface area contributed by atoms with Crippen molar-refractivity contribution in [2.75, 3.05) is 0 Å². The Morgan fingerprint density at radius 3 is 2.33 bits per heavy atom. The van der Waals surface area contributed by atoms with E-state index in [2.05, 4.69) is 11.5 Å². The summed E-state index contributed by atoms with van der Waals surface area (Å²) in [4.78, 5) is 13.3. The second-order valence-corrected chi connectivity index (χ2v) is 3.97. The Kier molecular flexibility index (Phi) is 1.71. The fourth-order valence-corrected chi connectivity index (χ4v) is 2.63. The number of nitrogens with zero attached hydrogens (tertiary/aromatic N) is 1. The number of rotatable bonds is 0. The van der Waals surface area contributed by atoms with Gasteiger partial charge in [-0.2, -0.15) is 0 Å². The van der Waals surface area contributed by atoms with E-state index in [1.165, 1.54) is 18.4 Å². The highest BCUT2D eigenvalue weighted by Gasteiger charge is 2.39. The number of hydrogen-bond donors (Lipinski definition) is 0. The van der Waals surface area contributed by atoms with Crippen molar-refractivity contribution in [2.45, 2.75) is 44.7 Å². The SMILES string of the molecule is C=C1CC2CC[C@H](C1)N2C(C)=O. The first-order valence-corrected chi connectivity index (χ1v) is 4.64. The predicted octanol–water partition coefficient (Wildman–Crippen LogP) is 1.72. The van der Waals surface area contributed by atoms with Crippen LogP contribution in [0.1, 0.15) is 32.6 Å². The monoisotopic (exact) mass is 165 g/mol. The molecule has 2 aliphatic rings. The second kappa shape index (κ2) is 2.61. The molecule has 2 aliphatic heterocycles. The maximum absolute atomic E-state index is 11.3. The Morgan fingerprint density at radius 1 is 1.42 bits per heavy atom. The van der Waals surface area contributed by atoms with Gasteiger partial charge in [0.15, 0.2) is 0 Å². The Hall–Kier alpha value is -0.790. The smallest absolute Gasteiger partial charge is 0.219 e. The summed E-state index contributed by atoms with van der Waals surface area (Å²) in [6.45, 7) is 5.69. The standard InChI is InChI=1S/C10H15NO/c1-7-5-9-3-4-10(6-7)11(9)8(2)12/h9-10H,1,3-6H2,2H3/t9-,10?/m1/s1. The summed E-state index contributed by atoms with van der Waals surface area (Å²) in [7, 11) is 0. The normalized spacial score (nSPS) is 34.1. The predicted molar refractivity (Wildman–Crippen MR) is 47.7 cm³/mol. The van der Waals surface area contributed by atoms with Crippen molar-refractivity contribution in [3.8, 4) is 0 Å². The molecule has 0 aliphatic carbocycles. The summed E-state index contributed by atoms with van der Waals surface area (Å²) < 4.78 is 0. The van der Waals surface area contributed by atoms with Gasteiger partial charge in [0.1, 0.15) is 0 Å². The molecule has 0 N–H and O–H groups in total. The molecule has 2 nitrogen and oxygen atoms in total. The molecule has 1 unspecified atom stereocenters. The Bertz CT molecular complexity index is 218. The summed E-state index contributed by atoms with van der Waals surface area (Å²) in [5.74, 6) is 0.245. The fraction of sp³-hybridized carbons (Fsp3) is 0.700. The molecule has 0 aromatic heterocycles. The summed E-state index contributed by atoms with van der Waals surface area (Å²) in [5.41, 5.74) is 1.33. The van der Waals surface area contributed by atoms with Crippen molar-refractivity contribution in [1.29, 1.82) is 0 Å². The van der Waals surface area contributed by atoms with Gasteiger partial charge in [-0.15, -0.1) is 0 Å². The second-order valence-electron chi connectivity index (χ2n) is 3.97. The molecule has 2 fully saturated rings. The highest BCUT2D eigenvalue weighted by Crippen LogP contribution is 2.37. The van der Waals surface area contributed by atoms with Gasteiger partial charge in [0.05, 0.1) is 0 Å². The number of piperidine rings is 1. The van der Waals surface area contributed by atoms with Crippen molar-refractivity contribution >= 4 is 5.91 Å². The molecule has 0 aromatic carbocycles. The van der Waals surface area contributed by atoms with Crippen LogP contribution >= 0.6 is 0 Å². The highest BCUT2D eigenvalue weighted by molar-refractivity contribution is 5.74. The number of hydrogen-bond acceptors (Lipinski definition) is 1. The molecule has 2 atom stereocenters. The lowest BCUT2D eigenvalue weighted by atomic mass is 9.98. The van der Waals surface area contributed by atoms with E-state index in [1.807, 2.05) is 0 Å². The van der Waals surface area contributed by atoms with Gasteiger partial charge in [-0.3, -0.25) is 4.79 Å². The molecule has 2 saturated heterocycles. The van der Waals surface area contributed by atoms with Gasteiger partial charge in [0.2, 0.25) is 5.91 Å². The first-order chi connectivity index (χ1) is 5.68. The summed E-state index contributed by atoms with van der Waals surface area (Å²) in [5, 5.41) is 0. The summed E-state index contributed by atoms with van der Waals surface area (Å²) in [6.07, 6.45) is 4.44.